The number of fused-ring (bicyclic) bond motifs is 1. The van der Waals surface area contributed by atoms with E-state index in [1.54, 1.807) is 27.2 Å². The molecule has 1 unspecified atom stereocenters. The second kappa shape index (κ2) is 11.9. The van der Waals surface area contributed by atoms with Gasteiger partial charge in [0.15, 0.2) is 5.17 Å². The zero-order chi connectivity index (χ0) is 25.5. The van der Waals surface area contributed by atoms with Crippen molar-refractivity contribution in [3.63, 3.8) is 0 Å². The number of hydrogen-bond acceptors (Lipinski definition) is 9. The van der Waals surface area contributed by atoms with Gasteiger partial charge in [0.1, 0.15) is 18.1 Å². The molecule has 1 N–H and O–H groups in total. The summed E-state index contributed by atoms with van der Waals surface area (Å²) in [6.45, 7) is 6.77. The van der Waals surface area contributed by atoms with Gasteiger partial charge in [-0.05, 0) is 44.1 Å². The molecule has 2 aliphatic heterocycles. The molecule has 35 heavy (non-hydrogen) atoms. The number of hydrogen-bond donors (Lipinski definition) is 1. The van der Waals surface area contributed by atoms with Crippen LogP contribution in [-0.2, 0) is 14.3 Å². The van der Waals surface area contributed by atoms with E-state index in [1.807, 2.05) is 41.4 Å². The number of nitrogens with zero attached hydrogens (tertiary/aromatic N) is 3. The Morgan fingerprint density at radius 1 is 1.23 bits per heavy atom. The van der Waals surface area contributed by atoms with Crippen LogP contribution >= 0.6 is 11.8 Å². The number of thioether (sulfide) groups is 1. The molecule has 0 bridgehead atoms. The zero-order valence-corrected chi connectivity index (χ0v) is 21.6. The smallest absolute Gasteiger partial charge is 0.338 e. The van der Waals surface area contributed by atoms with Crippen molar-refractivity contribution >= 4 is 28.8 Å². The van der Waals surface area contributed by atoms with Gasteiger partial charge in [0.05, 0.1) is 38.0 Å². The highest BCUT2D eigenvalue weighted by Crippen LogP contribution is 2.46. The first-order valence-corrected chi connectivity index (χ1v) is 12.0. The first-order valence-electron chi connectivity index (χ1n) is 11.2. The minimum atomic E-state index is -0.584. The van der Waals surface area contributed by atoms with Crippen LogP contribution < -0.4 is 14.8 Å². The van der Waals surface area contributed by atoms with E-state index in [0.29, 0.717) is 34.5 Å². The number of rotatable bonds is 11. The molecule has 0 fully saturated rings. The zero-order valence-electron chi connectivity index (χ0n) is 20.8. The summed E-state index contributed by atoms with van der Waals surface area (Å²) in [5, 5.41) is 5.53. The minimum absolute atomic E-state index is 0.0755. The Labute approximate surface area is 210 Å². The number of methoxy groups -OCH3 is 2. The summed E-state index contributed by atoms with van der Waals surface area (Å²) in [5.41, 5.74) is 2.42. The van der Waals surface area contributed by atoms with Crippen molar-refractivity contribution < 1.29 is 23.8 Å². The predicted molar refractivity (Wildman–Crippen MR) is 137 cm³/mol. The van der Waals surface area contributed by atoms with Gasteiger partial charge in [0.2, 0.25) is 5.91 Å². The van der Waals surface area contributed by atoms with Crippen LogP contribution in [0.5, 0.6) is 11.5 Å². The van der Waals surface area contributed by atoms with Gasteiger partial charge in [0, 0.05) is 24.9 Å². The minimum Gasteiger partial charge on any atom is -0.497 e. The maximum Gasteiger partial charge on any atom is 0.338 e. The van der Waals surface area contributed by atoms with Crippen molar-refractivity contribution in [2.75, 3.05) is 48.0 Å². The lowest BCUT2D eigenvalue weighted by molar-refractivity contribution is -0.138. The number of likely N-dealkylation sites (N-methyl/N-ethyl adjacent to an activating group) is 1. The lowest BCUT2D eigenvalue weighted by Gasteiger charge is -2.36. The van der Waals surface area contributed by atoms with E-state index in [-0.39, 0.29) is 18.9 Å². The monoisotopic (exact) mass is 500 g/mol. The van der Waals surface area contributed by atoms with Crippen molar-refractivity contribution in [2.45, 2.75) is 19.4 Å². The average Bonchev–Trinajstić information content (AvgIpc) is 3.22. The van der Waals surface area contributed by atoms with Gasteiger partial charge in [-0.15, -0.1) is 0 Å². The number of amides is 1. The molecule has 0 radical (unpaired) electrons. The Hall–Kier alpha value is -3.24. The Balaban J connectivity index is 2.01. The van der Waals surface area contributed by atoms with E-state index in [1.165, 1.54) is 17.8 Å². The number of aliphatic imine (C=N–C) groups is 1. The van der Waals surface area contributed by atoms with Crippen LogP contribution in [0.15, 0.2) is 58.2 Å². The molecule has 0 saturated carbocycles. The Bertz CT molecular complexity index is 1060. The Morgan fingerprint density at radius 2 is 1.91 bits per heavy atom. The molecule has 0 aliphatic carbocycles. The molecular formula is C25H32N4O5S. The molecule has 0 spiro atoms. The highest BCUT2D eigenvalue weighted by molar-refractivity contribution is 8.16. The van der Waals surface area contributed by atoms with Crippen molar-refractivity contribution in [1.82, 2.24) is 15.1 Å². The summed E-state index contributed by atoms with van der Waals surface area (Å²) >= 11 is 1.42. The number of amidine groups is 1. The van der Waals surface area contributed by atoms with Crippen LogP contribution in [0.2, 0.25) is 0 Å². The van der Waals surface area contributed by atoms with Crippen LogP contribution in [0.4, 0.5) is 0 Å². The predicted octanol–water partition coefficient (Wildman–Crippen LogP) is 3.08. The Morgan fingerprint density at radius 3 is 2.51 bits per heavy atom. The highest BCUT2D eigenvalue weighted by Gasteiger charge is 2.41. The van der Waals surface area contributed by atoms with Gasteiger partial charge in [-0.1, -0.05) is 24.4 Å². The fourth-order valence-corrected chi connectivity index (χ4v) is 4.76. The number of esters is 1. The molecule has 3 rings (SSSR count). The highest BCUT2D eigenvalue weighted by atomic mass is 32.2. The summed E-state index contributed by atoms with van der Waals surface area (Å²) in [5.74, 6) is 0.560. The third-order valence-corrected chi connectivity index (χ3v) is 6.35. The number of carbonyl (C=O) groups excluding carboxylic acids is 2. The van der Waals surface area contributed by atoms with Gasteiger partial charge in [-0.3, -0.25) is 4.79 Å². The SMILES string of the molecule is C=CCOC(=O)C1=C(C)N=C2SC=C(CC(=O)NCCN(C)C)N2C1c1cc(OC)cc(OC)c1. The second-order valence-electron chi connectivity index (χ2n) is 8.26. The summed E-state index contributed by atoms with van der Waals surface area (Å²) < 4.78 is 16.4. The van der Waals surface area contributed by atoms with Gasteiger partial charge in [-0.25, -0.2) is 9.79 Å². The molecule has 9 nitrogen and oxygen atoms in total. The lowest BCUT2D eigenvalue weighted by atomic mass is 9.93. The molecule has 10 heteroatoms. The van der Waals surface area contributed by atoms with Crippen LogP contribution in [0, 0.1) is 0 Å². The fraction of sp³-hybridized carbons (Fsp3) is 0.400. The Kier molecular flexibility index (Phi) is 9.00. The molecular weight excluding hydrogens is 468 g/mol. The standard InChI is InChI=1S/C25H32N4O5S/c1-7-10-34-24(31)22-16(2)27-25-29(18(15-35-25)13-21(30)26-8-9-28(3)4)23(22)17-11-19(32-5)14-20(12-17)33-6/h7,11-12,14-15,23H,1,8-10,13H2,2-6H3,(H,26,30). The molecule has 1 amide bonds. The largest absolute Gasteiger partial charge is 0.497 e. The molecule has 2 aliphatic rings. The van der Waals surface area contributed by atoms with Crippen molar-refractivity contribution in [3.05, 3.63) is 58.8 Å². The maximum atomic E-state index is 13.2. The van der Waals surface area contributed by atoms with E-state index >= 15 is 0 Å². The summed E-state index contributed by atoms with van der Waals surface area (Å²) in [4.78, 5) is 34.5. The number of ether oxygens (including phenoxy) is 3. The maximum absolute atomic E-state index is 13.2. The van der Waals surface area contributed by atoms with E-state index < -0.39 is 12.0 Å². The van der Waals surface area contributed by atoms with E-state index in [4.69, 9.17) is 14.2 Å². The average molecular weight is 501 g/mol. The first kappa shape index (κ1) is 26.4. The number of allylic oxidation sites excluding steroid dienone is 1. The van der Waals surface area contributed by atoms with E-state index in [0.717, 1.165) is 17.8 Å². The number of nitrogens with one attached hydrogen (secondary N) is 1. The second-order valence-corrected chi connectivity index (χ2v) is 9.09. The normalized spacial score (nSPS) is 17.0. The van der Waals surface area contributed by atoms with E-state index in [2.05, 4.69) is 16.9 Å². The molecule has 0 aromatic heterocycles. The summed E-state index contributed by atoms with van der Waals surface area (Å²) in [7, 11) is 7.05. The molecule has 2 heterocycles. The summed E-state index contributed by atoms with van der Waals surface area (Å²) in [6, 6.07) is 4.88. The lowest BCUT2D eigenvalue weighted by Crippen LogP contribution is -2.38. The van der Waals surface area contributed by atoms with Gasteiger partial charge in [-0.2, -0.15) is 0 Å². The van der Waals surface area contributed by atoms with E-state index in [9.17, 15) is 9.59 Å². The van der Waals surface area contributed by atoms with Crippen LogP contribution in [-0.4, -0.2) is 74.9 Å². The summed E-state index contributed by atoms with van der Waals surface area (Å²) in [6.07, 6.45) is 1.66. The van der Waals surface area contributed by atoms with Gasteiger partial charge < -0.3 is 29.3 Å². The third-order valence-electron chi connectivity index (χ3n) is 5.47. The van der Waals surface area contributed by atoms with Crippen molar-refractivity contribution in [3.8, 4) is 11.5 Å². The van der Waals surface area contributed by atoms with Crippen molar-refractivity contribution in [1.29, 1.82) is 0 Å². The number of carbonyl (C=O) groups is 2. The topological polar surface area (TPSA) is 92.7 Å². The fourth-order valence-electron chi connectivity index (χ4n) is 3.79. The first-order chi connectivity index (χ1) is 16.8. The van der Waals surface area contributed by atoms with Gasteiger partial charge in [0.25, 0.3) is 0 Å². The van der Waals surface area contributed by atoms with Crippen molar-refractivity contribution in [2.24, 2.45) is 4.99 Å². The third kappa shape index (κ3) is 6.26. The van der Waals surface area contributed by atoms with Crippen LogP contribution in [0.1, 0.15) is 24.9 Å². The molecule has 1 aromatic carbocycles. The molecule has 1 aromatic rings. The molecule has 0 saturated heterocycles. The molecule has 1 atom stereocenters. The van der Waals surface area contributed by atoms with Gasteiger partial charge >= 0.3 is 5.97 Å². The molecule has 188 valence electrons. The quantitative estimate of drug-likeness (QED) is 0.366. The number of benzene rings is 1. The van der Waals surface area contributed by atoms with Crippen LogP contribution in [0.3, 0.4) is 0 Å². The van der Waals surface area contributed by atoms with Crippen LogP contribution in [0.25, 0.3) is 0 Å².